The highest BCUT2D eigenvalue weighted by Crippen LogP contribution is 2.39. The molecule has 3 heterocycles. The molecule has 1 aromatic heterocycles. The summed E-state index contributed by atoms with van der Waals surface area (Å²) < 4.78 is 37.6. The maximum absolute atomic E-state index is 11.1. The van der Waals surface area contributed by atoms with E-state index in [9.17, 15) is 18.0 Å². The third kappa shape index (κ3) is 6.35. The van der Waals surface area contributed by atoms with Crippen LogP contribution in [-0.2, 0) is 21.5 Å². The summed E-state index contributed by atoms with van der Waals surface area (Å²) in [6.45, 7) is 4.59. The van der Waals surface area contributed by atoms with Gasteiger partial charge in [0.25, 0.3) is 0 Å². The van der Waals surface area contributed by atoms with Crippen LogP contribution in [0.3, 0.4) is 0 Å². The monoisotopic (exact) mass is 530 g/mol. The van der Waals surface area contributed by atoms with E-state index in [1.54, 1.807) is 6.08 Å². The Morgan fingerprint density at radius 2 is 1.92 bits per heavy atom. The van der Waals surface area contributed by atoms with Crippen LogP contribution in [0, 0.1) is 0 Å². The van der Waals surface area contributed by atoms with Crippen LogP contribution in [0.1, 0.15) is 23.2 Å². The van der Waals surface area contributed by atoms with Gasteiger partial charge in [-0.15, -0.1) is 0 Å². The minimum atomic E-state index is -5.08. The Kier molecular flexibility index (Phi) is 8.08. The number of carboxylic acid groups (broad SMARTS) is 1. The molecule has 1 atom stereocenters. The fourth-order valence-electron chi connectivity index (χ4n) is 4.97. The smallest absolute Gasteiger partial charge is 0.490 e. The number of likely N-dealkylation sites (tertiary alicyclic amines) is 1. The lowest BCUT2D eigenvalue weighted by atomic mass is 9.86. The van der Waals surface area contributed by atoms with Gasteiger partial charge in [0, 0.05) is 48.9 Å². The second-order valence-electron chi connectivity index (χ2n) is 9.27. The van der Waals surface area contributed by atoms with Gasteiger partial charge in [0.1, 0.15) is 12.4 Å². The molecule has 11 heteroatoms. The molecule has 0 aliphatic carbocycles. The van der Waals surface area contributed by atoms with Crippen LogP contribution in [-0.4, -0.2) is 65.8 Å². The minimum absolute atomic E-state index is 0.0391. The number of benzene rings is 2. The molecule has 1 unspecified atom stereocenters. The zero-order chi connectivity index (χ0) is 27.3. The number of para-hydroxylation sites is 1. The molecule has 2 aliphatic rings. The minimum Gasteiger partial charge on any atom is -0.492 e. The van der Waals surface area contributed by atoms with Crippen molar-refractivity contribution in [2.24, 2.45) is 5.73 Å². The van der Waals surface area contributed by atoms with E-state index >= 15 is 0 Å². The number of rotatable bonds is 6. The maximum atomic E-state index is 11.1. The van der Waals surface area contributed by atoms with E-state index in [0.717, 1.165) is 55.9 Å². The molecule has 1 saturated heterocycles. The first-order valence-corrected chi connectivity index (χ1v) is 12.2. The normalized spacial score (nSPS) is 19.3. The second kappa shape index (κ2) is 11.3. The lowest BCUT2D eigenvalue weighted by Gasteiger charge is -2.35. The number of aromatic nitrogens is 1. The van der Waals surface area contributed by atoms with Crippen LogP contribution in [0.2, 0.25) is 0 Å². The van der Waals surface area contributed by atoms with Gasteiger partial charge in [0.2, 0.25) is 5.91 Å². The van der Waals surface area contributed by atoms with Crippen molar-refractivity contribution < 1.29 is 32.6 Å². The summed E-state index contributed by atoms with van der Waals surface area (Å²) in [5, 5.41) is 12.2. The van der Waals surface area contributed by atoms with Crippen molar-refractivity contribution in [3.05, 3.63) is 71.4 Å². The molecule has 0 bridgehead atoms. The zero-order valence-electron chi connectivity index (χ0n) is 20.6. The largest absolute Gasteiger partial charge is 0.492 e. The van der Waals surface area contributed by atoms with Crippen LogP contribution in [0.5, 0.6) is 5.75 Å². The number of carboxylic acids is 1. The number of nitrogens with two attached hydrogens (primary N) is 1. The third-order valence-corrected chi connectivity index (χ3v) is 6.70. The molecule has 202 valence electrons. The molecule has 2 aliphatic heterocycles. The summed E-state index contributed by atoms with van der Waals surface area (Å²) in [6, 6.07) is 16.3. The summed E-state index contributed by atoms with van der Waals surface area (Å²) in [7, 11) is 0. The first kappa shape index (κ1) is 27.2. The van der Waals surface area contributed by atoms with Crippen molar-refractivity contribution in [1.29, 1.82) is 0 Å². The number of primary amides is 1. The first-order chi connectivity index (χ1) is 18.1. The number of alkyl halides is 3. The molecule has 1 amide bonds. The average Bonchev–Trinajstić information content (AvgIpc) is 3.46. The standard InChI is InChI=1S/C25H28N4O2.C2HF3O2/c26-23(30)9-7-18-6-8-22-21(16-18)20-10-12-27-25(24(20)28-22)11-13-29(17-25)14-15-31-19-4-2-1-3-5-19;3-2(4,5)1(6)7/h1-9,16,27-28H,10-15,17H2,(H2,26,30);(H,6,7)/b9-7+;. The highest BCUT2D eigenvalue weighted by atomic mass is 19.4. The number of hydrogen-bond acceptors (Lipinski definition) is 5. The number of ether oxygens (including phenoxy) is 1. The summed E-state index contributed by atoms with van der Waals surface area (Å²) in [5.74, 6) is -2.26. The van der Waals surface area contributed by atoms with Gasteiger partial charge in [0.15, 0.2) is 0 Å². The Morgan fingerprint density at radius 1 is 1.18 bits per heavy atom. The molecule has 5 rings (SSSR count). The van der Waals surface area contributed by atoms with Crippen molar-refractivity contribution in [3.63, 3.8) is 0 Å². The van der Waals surface area contributed by atoms with Gasteiger partial charge in [-0.3, -0.25) is 9.69 Å². The van der Waals surface area contributed by atoms with Gasteiger partial charge >= 0.3 is 12.1 Å². The molecule has 8 nitrogen and oxygen atoms in total. The number of fused-ring (bicyclic) bond motifs is 4. The number of carbonyl (C=O) groups is 2. The van der Waals surface area contributed by atoms with E-state index in [4.69, 9.17) is 20.4 Å². The topological polar surface area (TPSA) is 121 Å². The third-order valence-electron chi connectivity index (χ3n) is 6.70. The number of halogens is 3. The fraction of sp³-hybridized carbons (Fsp3) is 0.333. The highest BCUT2D eigenvalue weighted by molar-refractivity contribution is 5.92. The molecule has 0 radical (unpaired) electrons. The lowest BCUT2D eigenvalue weighted by molar-refractivity contribution is -0.192. The van der Waals surface area contributed by atoms with Crippen LogP contribution in [0.25, 0.3) is 17.0 Å². The van der Waals surface area contributed by atoms with Crippen molar-refractivity contribution in [2.45, 2.75) is 24.6 Å². The maximum Gasteiger partial charge on any atom is 0.490 e. The number of hydrogen-bond donors (Lipinski definition) is 4. The van der Waals surface area contributed by atoms with E-state index in [-0.39, 0.29) is 5.54 Å². The molecule has 5 N–H and O–H groups in total. The lowest BCUT2D eigenvalue weighted by Crippen LogP contribution is -2.49. The van der Waals surface area contributed by atoms with Crippen LogP contribution < -0.4 is 15.8 Å². The number of carbonyl (C=O) groups excluding carboxylic acids is 1. The Labute approximate surface area is 217 Å². The number of H-pyrrole nitrogens is 1. The Hall–Kier alpha value is -3.83. The zero-order valence-corrected chi connectivity index (χ0v) is 20.6. The summed E-state index contributed by atoms with van der Waals surface area (Å²) in [5.41, 5.74) is 10.1. The summed E-state index contributed by atoms with van der Waals surface area (Å²) >= 11 is 0. The molecule has 2 aromatic carbocycles. The molecule has 38 heavy (non-hydrogen) atoms. The predicted octanol–water partition coefficient (Wildman–Crippen LogP) is 3.43. The van der Waals surface area contributed by atoms with E-state index < -0.39 is 18.1 Å². The van der Waals surface area contributed by atoms with Crippen molar-refractivity contribution in [3.8, 4) is 5.75 Å². The van der Waals surface area contributed by atoms with E-state index in [2.05, 4.69) is 27.3 Å². The number of nitrogens with zero attached hydrogens (tertiary/aromatic N) is 1. The SMILES string of the molecule is NC(=O)/C=C/c1ccc2[nH]c3c(c2c1)CCNC31CCN(CCOc2ccccc2)C1.O=C(O)C(F)(F)F. The Balaban J connectivity index is 0.000000426. The molecular weight excluding hydrogens is 501 g/mol. The molecule has 1 fully saturated rings. The van der Waals surface area contributed by atoms with Gasteiger partial charge in [-0.25, -0.2) is 4.79 Å². The van der Waals surface area contributed by atoms with Crippen LogP contribution in [0.4, 0.5) is 13.2 Å². The summed E-state index contributed by atoms with van der Waals surface area (Å²) in [6.07, 6.45) is 0.182. The Bertz CT molecular complexity index is 1320. The van der Waals surface area contributed by atoms with Crippen molar-refractivity contribution in [2.75, 3.05) is 32.8 Å². The van der Waals surface area contributed by atoms with E-state index in [1.807, 2.05) is 36.4 Å². The second-order valence-corrected chi connectivity index (χ2v) is 9.27. The van der Waals surface area contributed by atoms with Gasteiger partial charge in [-0.1, -0.05) is 24.3 Å². The molecule has 3 aromatic rings. The van der Waals surface area contributed by atoms with Crippen LogP contribution in [0.15, 0.2) is 54.6 Å². The number of aromatic amines is 1. The van der Waals surface area contributed by atoms with Gasteiger partial charge in [-0.05, 0) is 54.3 Å². The van der Waals surface area contributed by atoms with E-state index in [0.29, 0.717) is 6.61 Å². The van der Waals surface area contributed by atoms with Crippen LogP contribution >= 0.6 is 0 Å². The average molecular weight is 531 g/mol. The van der Waals surface area contributed by atoms with Crippen molar-refractivity contribution in [1.82, 2.24) is 15.2 Å². The Morgan fingerprint density at radius 3 is 2.61 bits per heavy atom. The quantitative estimate of drug-likeness (QED) is 0.363. The predicted molar refractivity (Wildman–Crippen MR) is 137 cm³/mol. The fourth-order valence-corrected chi connectivity index (χ4v) is 4.97. The van der Waals surface area contributed by atoms with Gasteiger partial charge in [-0.2, -0.15) is 13.2 Å². The van der Waals surface area contributed by atoms with E-state index in [1.165, 1.54) is 22.7 Å². The van der Waals surface area contributed by atoms with Gasteiger partial charge in [0.05, 0.1) is 5.54 Å². The highest BCUT2D eigenvalue weighted by Gasteiger charge is 2.44. The van der Waals surface area contributed by atoms with Crippen molar-refractivity contribution >= 4 is 28.9 Å². The molecular formula is C27H29F3N4O4. The number of nitrogens with one attached hydrogen (secondary N) is 2. The van der Waals surface area contributed by atoms with Gasteiger partial charge < -0.3 is 25.9 Å². The first-order valence-electron chi connectivity index (χ1n) is 12.2. The summed E-state index contributed by atoms with van der Waals surface area (Å²) in [4.78, 5) is 26.2. The molecule has 0 saturated carbocycles. The molecule has 1 spiro atoms. The number of aliphatic carboxylic acids is 1. The number of amides is 1.